The van der Waals surface area contributed by atoms with Crippen molar-refractivity contribution in [3.63, 3.8) is 0 Å². The van der Waals surface area contributed by atoms with E-state index in [1.165, 1.54) is 68.9 Å². The molecule has 4 aliphatic carbocycles. The first-order chi connectivity index (χ1) is 23.9. The molecule has 0 saturated carbocycles. The molecule has 0 saturated heterocycles. The van der Waals surface area contributed by atoms with E-state index in [0.29, 0.717) is 42.3 Å². The van der Waals surface area contributed by atoms with Crippen LogP contribution in [0, 0.1) is 23.7 Å². The fraction of sp³-hybridized carbons (Fsp3) is 0.690. The highest BCUT2D eigenvalue weighted by atomic mass is 16.5. The number of allylic oxidation sites excluding steroid dienone is 4. The molecule has 0 amide bonds. The Kier molecular flexibility index (Phi) is 12.1. The predicted molar refractivity (Wildman–Crippen MR) is 199 cm³/mol. The van der Waals surface area contributed by atoms with Crippen LogP contribution in [-0.2, 0) is 4.74 Å². The number of amidine groups is 1. The highest BCUT2D eigenvalue weighted by Crippen LogP contribution is 2.54. The van der Waals surface area contributed by atoms with Gasteiger partial charge in [0.15, 0.2) is 6.35 Å². The van der Waals surface area contributed by atoms with Crippen LogP contribution in [0.5, 0.6) is 17.2 Å². The second kappa shape index (κ2) is 16.5. The van der Waals surface area contributed by atoms with E-state index >= 15 is 0 Å². The number of phenols is 2. The van der Waals surface area contributed by atoms with Gasteiger partial charge in [-0.2, -0.15) is 0 Å². The van der Waals surface area contributed by atoms with Crippen LogP contribution < -0.4 is 10.1 Å². The van der Waals surface area contributed by atoms with Crippen LogP contribution in [0.1, 0.15) is 142 Å². The maximum Gasteiger partial charge on any atom is 0.189 e. The van der Waals surface area contributed by atoms with Crippen LogP contribution in [0.15, 0.2) is 51.1 Å². The SMILES string of the molecule is CCCCC(CC)COc1cc(O)c(C2N=C(C3=CCC4CCC5=C6C4=C3CCC6CCC5)NC(OCC(CC)CCCC)N2C)c(O)c1. The summed E-state index contributed by atoms with van der Waals surface area (Å²) in [5.41, 5.74) is 8.13. The van der Waals surface area contributed by atoms with Crippen molar-refractivity contribution >= 4 is 5.84 Å². The van der Waals surface area contributed by atoms with Crippen LogP contribution in [0.2, 0.25) is 0 Å². The fourth-order valence-corrected chi connectivity index (χ4v) is 9.16. The van der Waals surface area contributed by atoms with Gasteiger partial charge in [0.25, 0.3) is 0 Å². The maximum atomic E-state index is 11.5. The third-order valence-electron chi connectivity index (χ3n) is 12.3. The number of aromatic hydroxyl groups is 2. The summed E-state index contributed by atoms with van der Waals surface area (Å²) in [6.07, 6.45) is 20.2. The summed E-state index contributed by atoms with van der Waals surface area (Å²) < 4.78 is 12.8. The van der Waals surface area contributed by atoms with Gasteiger partial charge in [-0.3, -0.25) is 0 Å². The number of phenolic OH excluding ortho intramolecular Hbond substituents is 2. The van der Waals surface area contributed by atoms with Gasteiger partial charge in [-0.05, 0) is 112 Å². The summed E-state index contributed by atoms with van der Waals surface area (Å²) in [6.45, 7) is 10.1. The Morgan fingerprint density at radius 2 is 1.57 bits per heavy atom. The third kappa shape index (κ3) is 7.78. The zero-order valence-electron chi connectivity index (χ0n) is 31.0. The van der Waals surface area contributed by atoms with E-state index in [9.17, 15) is 10.2 Å². The molecule has 49 heavy (non-hydrogen) atoms. The Labute approximate surface area is 295 Å². The lowest BCUT2D eigenvalue weighted by atomic mass is 9.61. The topological polar surface area (TPSA) is 86.5 Å². The van der Waals surface area contributed by atoms with Crippen molar-refractivity contribution in [2.75, 3.05) is 20.3 Å². The van der Waals surface area contributed by atoms with Crippen LogP contribution >= 0.6 is 0 Å². The first-order valence-electron chi connectivity index (χ1n) is 19.9. The van der Waals surface area contributed by atoms with Gasteiger partial charge in [-0.25, -0.2) is 9.89 Å². The van der Waals surface area contributed by atoms with Gasteiger partial charge in [0.1, 0.15) is 29.2 Å². The summed E-state index contributed by atoms with van der Waals surface area (Å²) >= 11 is 0. The number of nitrogens with zero attached hydrogens (tertiary/aromatic N) is 2. The van der Waals surface area contributed by atoms with Gasteiger partial charge in [0.05, 0.1) is 18.8 Å². The standard InChI is InChI=1S/C42H63N3O4/c1-6-10-13-27(8-3)25-48-32-23-35(46)39(36(47)24-32)41-43-40(44-42(45(41)5)49-26-28(9-4)14-11-7-2)34-22-20-31-18-17-29-15-12-16-30-19-21-33(34)38(31)37(29)30/h22-24,27-28,30-31,41-42,46-47H,6-21,25-26H2,1-5H3,(H,43,44). The first-order valence-corrected chi connectivity index (χ1v) is 19.9. The summed E-state index contributed by atoms with van der Waals surface area (Å²) in [5, 5.41) is 26.7. The summed E-state index contributed by atoms with van der Waals surface area (Å²) in [5.74, 6) is 3.57. The molecule has 0 bridgehead atoms. The number of nitrogens with one attached hydrogen (secondary N) is 1. The van der Waals surface area contributed by atoms with Crippen LogP contribution in [0.25, 0.3) is 0 Å². The fourth-order valence-electron chi connectivity index (χ4n) is 9.16. The first kappa shape index (κ1) is 36.0. The summed E-state index contributed by atoms with van der Waals surface area (Å²) in [4.78, 5) is 7.31. The van der Waals surface area contributed by atoms with Crippen molar-refractivity contribution in [3.8, 4) is 17.2 Å². The smallest absolute Gasteiger partial charge is 0.189 e. The van der Waals surface area contributed by atoms with Gasteiger partial charge in [0, 0.05) is 17.7 Å². The van der Waals surface area contributed by atoms with E-state index in [0.717, 1.165) is 56.7 Å². The van der Waals surface area contributed by atoms with Gasteiger partial charge >= 0.3 is 0 Å². The minimum absolute atomic E-state index is 0.00362. The Morgan fingerprint density at radius 3 is 2.27 bits per heavy atom. The lowest BCUT2D eigenvalue weighted by molar-refractivity contribution is -0.0932. The van der Waals surface area contributed by atoms with Crippen molar-refractivity contribution in [2.45, 2.75) is 143 Å². The van der Waals surface area contributed by atoms with Crippen LogP contribution in [0.3, 0.4) is 0 Å². The molecule has 3 N–H and O–H groups in total. The normalized spacial score (nSPS) is 26.5. The molecule has 0 radical (unpaired) electrons. The van der Waals surface area contributed by atoms with Crippen LogP contribution in [-0.4, -0.2) is 47.6 Å². The molecule has 7 heteroatoms. The molecule has 5 aliphatic rings. The molecule has 1 heterocycles. The molecule has 6 atom stereocenters. The van der Waals surface area contributed by atoms with E-state index in [1.807, 2.05) is 11.9 Å². The number of benzene rings is 1. The lowest BCUT2D eigenvalue weighted by Crippen LogP contribution is -2.54. The summed E-state index contributed by atoms with van der Waals surface area (Å²) in [7, 11) is 1.97. The number of hydrogen-bond donors (Lipinski definition) is 3. The average molecular weight is 674 g/mol. The minimum Gasteiger partial charge on any atom is -0.507 e. The molecule has 0 fully saturated rings. The monoisotopic (exact) mass is 673 g/mol. The lowest BCUT2D eigenvalue weighted by Gasteiger charge is -2.45. The Balaban J connectivity index is 1.33. The quantitative estimate of drug-likeness (QED) is 0.162. The van der Waals surface area contributed by atoms with E-state index in [-0.39, 0.29) is 11.5 Å². The average Bonchev–Trinajstić information content (AvgIpc) is 3.11. The zero-order valence-corrected chi connectivity index (χ0v) is 31.0. The van der Waals surface area contributed by atoms with Crippen molar-refractivity contribution in [1.29, 1.82) is 0 Å². The zero-order chi connectivity index (χ0) is 34.5. The second-order valence-corrected chi connectivity index (χ2v) is 15.5. The molecule has 1 aromatic rings. The molecule has 6 unspecified atom stereocenters. The minimum atomic E-state index is -0.629. The van der Waals surface area contributed by atoms with Crippen molar-refractivity contribution in [3.05, 3.63) is 51.6 Å². The largest absolute Gasteiger partial charge is 0.507 e. The number of aliphatic imine (C=N–C) groups is 1. The Morgan fingerprint density at radius 1 is 0.878 bits per heavy atom. The number of rotatable bonds is 16. The highest BCUT2D eigenvalue weighted by molar-refractivity contribution is 6.03. The molecule has 0 aromatic heterocycles. The van der Waals surface area contributed by atoms with Gasteiger partial charge < -0.3 is 25.0 Å². The predicted octanol–water partition coefficient (Wildman–Crippen LogP) is 10.1. The molecule has 1 aliphatic heterocycles. The van der Waals surface area contributed by atoms with E-state index in [2.05, 4.69) is 39.1 Å². The molecule has 1 aromatic carbocycles. The van der Waals surface area contributed by atoms with E-state index < -0.39 is 12.5 Å². The second-order valence-electron chi connectivity index (χ2n) is 15.5. The number of hydrogen-bond acceptors (Lipinski definition) is 7. The van der Waals surface area contributed by atoms with Crippen molar-refractivity contribution in [1.82, 2.24) is 10.2 Å². The third-order valence-corrected chi connectivity index (χ3v) is 12.3. The molecular formula is C42H63N3O4. The van der Waals surface area contributed by atoms with Crippen LogP contribution in [0.4, 0.5) is 0 Å². The Bertz CT molecular complexity index is 1420. The number of unbranched alkanes of at least 4 members (excludes halogenated alkanes) is 2. The molecule has 0 spiro atoms. The molecule has 6 rings (SSSR count). The van der Waals surface area contributed by atoms with Gasteiger partial charge in [0.2, 0.25) is 0 Å². The van der Waals surface area contributed by atoms with E-state index in [1.54, 1.807) is 28.9 Å². The molecule has 270 valence electrons. The highest BCUT2D eigenvalue weighted by Gasteiger charge is 2.42. The van der Waals surface area contributed by atoms with Gasteiger partial charge in [-0.15, -0.1) is 0 Å². The summed E-state index contributed by atoms with van der Waals surface area (Å²) in [6, 6.07) is 3.30. The molecule has 7 nitrogen and oxygen atoms in total. The van der Waals surface area contributed by atoms with E-state index in [4.69, 9.17) is 14.5 Å². The number of ether oxygens (including phenoxy) is 2. The Hall–Kier alpha value is -2.77. The van der Waals surface area contributed by atoms with Gasteiger partial charge in [-0.1, -0.05) is 77.9 Å². The van der Waals surface area contributed by atoms with Crippen molar-refractivity contribution in [2.24, 2.45) is 28.7 Å². The van der Waals surface area contributed by atoms with Crippen molar-refractivity contribution < 1.29 is 19.7 Å². The maximum absolute atomic E-state index is 11.5. The molecular weight excluding hydrogens is 610 g/mol.